The van der Waals surface area contributed by atoms with Gasteiger partial charge < -0.3 is 9.84 Å². The summed E-state index contributed by atoms with van der Waals surface area (Å²) in [5, 5.41) is 1.75. The molecule has 0 heterocycles. The number of hydrogen-bond donors (Lipinski definition) is 1. The van der Waals surface area contributed by atoms with Gasteiger partial charge in [0.15, 0.2) is 0 Å². The second-order valence-corrected chi connectivity index (χ2v) is 8.85. The van der Waals surface area contributed by atoms with E-state index in [0.717, 1.165) is 0 Å². The van der Waals surface area contributed by atoms with E-state index in [-0.39, 0.29) is 5.69 Å². The van der Waals surface area contributed by atoms with Gasteiger partial charge in [0.1, 0.15) is 4.57 Å². The lowest BCUT2D eigenvalue weighted by Crippen LogP contribution is -2.29. The summed E-state index contributed by atoms with van der Waals surface area (Å²) >= 11 is 3.32. The Morgan fingerprint density at radius 1 is 1.32 bits per heavy atom. The van der Waals surface area contributed by atoms with Crippen molar-refractivity contribution < 1.29 is 27.1 Å². The molecule has 2 unspecified atom stereocenters. The van der Waals surface area contributed by atoms with Crippen LogP contribution in [-0.2, 0) is 13.9 Å². The van der Waals surface area contributed by atoms with Gasteiger partial charge in [-0.2, -0.15) is 13.2 Å². The van der Waals surface area contributed by atoms with Crippen LogP contribution in [0.25, 0.3) is 0 Å². The quantitative estimate of drug-likeness (QED) is 0.543. The Morgan fingerprint density at radius 3 is 2.27 bits per heavy atom. The summed E-state index contributed by atoms with van der Waals surface area (Å²) in [6, 6.07) is 5.62. The molecule has 4 nitrogen and oxygen atoms in total. The van der Waals surface area contributed by atoms with Crippen LogP contribution < -0.4 is 5.32 Å². The van der Waals surface area contributed by atoms with E-state index in [1.165, 1.54) is 24.3 Å². The van der Waals surface area contributed by atoms with Crippen molar-refractivity contribution in [2.24, 2.45) is 0 Å². The third kappa shape index (κ3) is 4.83. The summed E-state index contributed by atoms with van der Waals surface area (Å²) in [5.74, 6) is -2.04. The number of carbonyl (C=O) groups is 1. The molecule has 1 rings (SSSR count). The maximum absolute atomic E-state index is 12.6. The van der Waals surface area contributed by atoms with Crippen molar-refractivity contribution in [3.05, 3.63) is 29.8 Å². The minimum Gasteiger partial charge on any atom is -0.328 e. The number of anilines is 1. The van der Waals surface area contributed by atoms with Gasteiger partial charge >= 0.3 is 12.1 Å². The summed E-state index contributed by atoms with van der Waals surface area (Å²) < 4.78 is 53.8. The molecular weight excluding hydrogens is 386 g/mol. The summed E-state index contributed by atoms with van der Waals surface area (Å²) in [5.41, 5.74) is 0.608. The zero-order valence-corrected chi connectivity index (χ0v) is 14.5. The maximum Gasteiger partial charge on any atom is 0.471 e. The van der Waals surface area contributed by atoms with Crippen molar-refractivity contribution in [3.8, 4) is 0 Å². The van der Waals surface area contributed by atoms with Gasteiger partial charge in [0, 0.05) is 11.8 Å². The Morgan fingerprint density at radius 2 is 1.86 bits per heavy atom. The highest BCUT2D eigenvalue weighted by Gasteiger charge is 2.38. The highest BCUT2D eigenvalue weighted by Crippen LogP contribution is 2.62. The fourth-order valence-electron chi connectivity index (χ4n) is 1.69. The van der Waals surface area contributed by atoms with E-state index in [9.17, 15) is 22.5 Å². The predicted molar refractivity (Wildman–Crippen MR) is 82.6 cm³/mol. The summed E-state index contributed by atoms with van der Waals surface area (Å²) in [6.07, 6.45) is -4.62. The SMILES string of the molecule is CCOP(=O)(CC)C(Br)c1ccc(NC(=O)C(F)(F)F)cc1. The molecule has 0 spiro atoms. The van der Waals surface area contributed by atoms with Crippen molar-refractivity contribution in [1.29, 1.82) is 0 Å². The lowest BCUT2D eigenvalue weighted by Gasteiger charge is -2.22. The largest absolute Gasteiger partial charge is 0.471 e. The lowest BCUT2D eigenvalue weighted by atomic mass is 10.2. The molecule has 1 aromatic carbocycles. The minimum atomic E-state index is -4.94. The van der Waals surface area contributed by atoms with E-state index in [4.69, 9.17) is 4.52 Å². The Kier molecular flexibility index (Phi) is 6.65. The number of amides is 1. The van der Waals surface area contributed by atoms with Crippen molar-refractivity contribution in [2.45, 2.75) is 24.6 Å². The Labute approximate surface area is 135 Å². The van der Waals surface area contributed by atoms with Gasteiger partial charge in [-0.1, -0.05) is 35.0 Å². The standard InChI is InChI=1S/C13H16BrF3NO3P/c1-3-21-22(20,4-2)11(14)9-5-7-10(8-6-9)18-12(19)13(15,16)17/h5-8,11H,3-4H2,1-2H3,(H,18,19). The average Bonchev–Trinajstić information content (AvgIpc) is 2.46. The van der Waals surface area contributed by atoms with Gasteiger partial charge in [-0.25, -0.2) is 0 Å². The third-order valence-electron chi connectivity index (χ3n) is 2.83. The molecule has 0 bridgehead atoms. The van der Waals surface area contributed by atoms with Crippen molar-refractivity contribution in [3.63, 3.8) is 0 Å². The monoisotopic (exact) mass is 401 g/mol. The molecular formula is C13H16BrF3NO3P. The van der Waals surface area contributed by atoms with Crippen LogP contribution in [0.2, 0.25) is 0 Å². The highest BCUT2D eigenvalue weighted by molar-refractivity contribution is 9.10. The van der Waals surface area contributed by atoms with Crippen molar-refractivity contribution in [2.75, 3.05) is 18.1 Å². The topological polar surface area (TPSA) is 55.4 Å². The molecule has 1 N–H and O–H groups in total. The highest BCUT2D eigenvalue weighted by atomic mass is 79.9. The molecule has 0 saturated carbocycles. The molecule has 0 saturated heterocycles. The first kappa shape index (κ1) is 19.2. The number of benzene rings is 1. The van der Waals surface area contributed by atoms with Crippen LogP contribution in [0, 0.1) is 0 Å². The number of hydrogen-bond acceptors (Lipinski definition) is 3. The van der Waals surface area contributed by atoms with E-state index < -0.39 is 24.0 Å². The predicted octanol–water partition coefficient (Wildman–Crippen LogP) is 4.92. The number of halogens is 4. The number of alkyl halides is 4. The molecule has 0 fully saturated rings. The minimum absolute atomic E-state index is 0.00788. The first-order chi connectivity index (χ1) is 10.1. The smallest absolute Gasteiger partial charge is 0.328 e. The van der Waals surface area contributed by atoms with Crippen LogP contribution in [0.1, 0.15) is 24.0 Å². The normalized spacial score (nSPS) is 15.9. The van der Waals surface area contributed by atoms with Gasteiger partial charge in [0.2, 0.25) is 7.37 Å². The molecule has 0 aliphatic heterocycles. The zero-order chi connectivity index (χ0) is 17.0. The first-order valence-electron chi connectivity index (χ1n) is 6.49. The van der Waals surface area contributed by atoms with Gasteiger partial charge in [0.25, 0.3) is 0 Å². The fourth-order valence-corrected chi connectivity index (χ4v) is 4.92. The lowest BCUT2D eigenvalue weighted by molar-refractivity contribution is -0.167. The Bertz CT molecular complexity index is 563. The zero-order valence-electron chi connectivity index (χ0n) is 12.0. The van der Waals surface area contributed by atoms with Crippen molar-refractivity contribution in [1.82, 2.24) is 0 Å². The molecule has 0 aliphatic rings. The molecule has 1 aromatic rings. The Balaban J connectivity index is 2.89. The first-order valence-corrected chi connectivity index (χ1v) is 9.29. The van der Waals surface area contributed by atoms with Gasteiger partial charge in [-0.05, 0) is 24.6 Å². The summed E-state index contributed by atoms with van der Waals surface area (Å²) in [4.78, 5) is 10.8. The van der Waals surface area contributed by atoms with Crippen LogP contribution in [0.15, 0.2) is 24.3 Å². The average molecular weight is 402 g/mol. The number of carbonyl (C=O) groups excluding carboxylic acids is 1. The second-order valence-electron chi connectivity index (χ2n) is 4.37. The molecule has 124 valence electrons. The molecule has 0 aliphatic carbocycles. The van der Waals surface area contributed by atoms with Crippen molar-refractivity contribution >= 4 is 34.9 Å². The second kappa shape index (κ2) is 7.62. The van der Waals surface area contributed by atoms with Gasteiger partial charge in [-0.3, -0.25) is 9.36 Å². The van der Waals surface area contributed by atoms with E-state index >= 15 is 0 Å². The van der Waals surface area contributed by atoms with E-state index in [0.29, 0.717) is 18.3 Å². The van der Waals surface area contributed by atoms with Crippen LogP contribution in [0.4, 0.5) is 18.9 Å². The summed E-state index contributed by atoms with van der Waals surface area (Å²) in [6.45, 7) is 3.77. The maximum atomic E-state index is 12.6. The van der Waals surface area contributed by atoms with Crippen LogP contribution in [-0.4, -0.2) is 24.9 Å². The summed E-state index contributed by atoms with van der Waals surface area (Å²) in [7, 11) is -2.93. The van der Waals surface area contributed by atoms with E-state index in [2.05, 4.69) is 15.9 Å². The molecule has 22 heavy (non-hydrogen) atoms. The third-order valence-corrected chi connectivity index (χ3v) is 7.80. The number of nitrogens with one attached hydrogen (secondary N) is 1. The molecule has 1 amide bonds. The van der Waals surface area contributed by atoms with Crippen LogP contribution >= 0.6 is 23.3 Å². The number of rotatable bonds is 6. The molecule has 2 atom stereocenters. The molecule has 0 radical (unpaired) electrons. The Hall–Kier alpha value is -0.850. The fraction of sp³-hybridized carbons (Fsp3) is 0.462. The molecule has 0 aromatic heterocycles. The van der Waals surface area contributed by atoms with E-state index in [1.54, 1.807) is 19.2 Å². The van der Waals surface area contributed by atoms with Crippen LogP contribution in [0.3, 0.4) is 0 Å². The molecule has 9 heteroatoms. The van der Waals surface area contributed by atoms with Crippen LogP contribution in [0.5, 0.6) is 0 Å². The van der Waals surface area contributed by atoms with Gasteiger partial charge in [-0.15, -0.1) is 0 Å². The van der Waals surface area contributed by atoms with E-state index in [1.807, 2.05) is 0 Å². The van der Waals surface area contributed by atoms with Gasteiger partial charge in [0.05, 0.1) is 6.61 Å².